The average molecular weight is 311 g/mol. The van der Waals surface area contributed by atoms with Crippen LogP contribution >= 0.6 is 0 Å². The number of methoxy groups -OCH3 is 1. The minimum atomic E-state index is -3.52. The summed E-state index contributed by atoms with van der Waals surface area (Å²) in [6, 6.07) is 9.22. The van der Waals surface area contributed by atoms with Gasteiger partial charge in [0.2, 0.25) is 0 Å². The number of carbonyl (C=O) groups excluding carboxylic acids is 1. The second-order valence-electron chi connectivity index (χ2n) is 4.80. The number of ether oxygens (including phenoxy) is 1. The summed E-state index contributed by atoms with van der Waals surface area (Å²) in [5, 5.41) is 0. The van der Waals surface area contributed by atoms with Crippen LogP contribution in [0.5, 0.6) is 0 Å². The highest BCUT2D eigenvalue weighted by Crippen LogP contribution is 2.36. The van der Waals surface area contributed by atoms with Gasteiger partial charge >= 0.3 is 6.09 Å². The summed E-state index contributed by atoms with van der Waals surface area (Å²) >= 11 is 0. The molecule has 2 unspecified atom stereocenters. The van der Waals surface area contributed by atoms with Gasteiger partial charge in [-0.2, -0.15) is 4.21 Å². The lowest BCUT2D eigenvalue weighted by atomic mass is 9.94. The van der Waals surface area contributed by atoms with Crippen molar-refractivity contribution in [1.29, 1.82) is 0 Å². The van der Waals surface area contributed by atoms with Gasteiger partial charge in [0, 0.05) is 14.1 Å². The van der Waals surface area contributed by atoms with Crippen molar-refractivity contribution in [2.45, 2.75) is 12.5 Å². The van der Waals surface area contributed by atoms with E-state index >= 15 is 0 Å². The van der Waals surface area contributed by atoms with Crippen LogP contribution in [0.25, 0.3) is 0 Å². The molecule has 8 heteroatoms. The summed E-state index contributed by atoms with van der Waals surface area (Å²) in [4.78, 5) is 13.0. The number of carbonyl (C=O) groups is 1. The second kappa shape index (κ2) is 5.45. The number of nitrogens with zero attached hydrogens (tertiary/aromatic N) is 3. The van der Waals surface area contributed by atoms with Crippen LogP contribution < -0.4 is 0 Å². The largest absolute Gasteiger partial charge is 0.451 e. The first-order chi connectivity index (χ1) is 9.81. The predicted octanol–water partition coefficient (Wildman–Crippen LogP) is 1.96. The molecule has 0 aliphatic carbocycles. The van der Waals surface area contributed by atoms with Gasteiger partial charge in [-0.15, -0.1) is 4.40 Å². The van der Waals surface area contributed by atoms with Crippen LogP contribution in [0.1, 0.15) is 12.5 Å². The lowest BCUT2D eigenvalue weighted by Gasteiger charge is -2.28. The zero-order valence-electron chi connectivity index (χ0n) is 12.3. The molecule has 0 bridgehead atoms. The summed E-state index contributed by atoms with van der Waals surface area (Å²) in [5.41, 5.74) is -0.290. The van der Waals surface area contributed by atoms with Crippen molar-refractivity contribution in [2.75, 3.05) is 21.2 Å². The first kappa shape index (κ1) is 15.5. The van der Waals surface area contributed by atoms with Crippen molar-refractivity contribution >= 4 is 22.1 Å². The van der Waals surface area contributed by atoms with E-state index < -0.39 is 21.9 Å². The molecule has 0 N–H and O–H groups in total. The summed E-state index contributed by atoms with van der Waals surface area (Å²) in [5.74, 6) is 0.423. The molecule has 0 radical (unpaired) electrons. The second-order valence-corrected chi connectivity index (χ2v) is 6.23. The van der Waals surface area contributed by atoms with Crippen LogP contribution in [0.3, 0.4) is 0 Å². The fourth-order valence-electron chi connectivity index (χ4n) is 2.08. The third-order valence-corrected chi connectivity index (χ3v) is 4.35. The molecule has 1 heterocycles. The van der Waals surface area contributed by atoms with Crippen LogP contribution in [0.4, 0.5) is 4.79 Å². The summed E-state index contributed by atoms with van der Waals surface area (Å²) in [6.07, 6.45) is -0.987. The Morgan fingerprint density at radius 1 is 1.38 bits per heavy atom. The molecular weight excluding hydrogens is 294 g/mol. The standard InChI is InChI=1S/C13H17N3O4S/c1-13(10-8-6-5-7-9-10)11(16(2)3)14-21(18,20-13)15-12(17)19-4/h5-9H,1-4H3. The van der Waals surface area contributed by atoms with Crippen molar-refractivity contribution in [3.05, 3.63) is 35.9 Å². The number of hydrogen-bond donors (Lipinski definition) is 0. The molecule has 114 valence electrons. The van der Waals surface area contributed by atoms with Crippen molar-refractivity contribution < 1.29 is 17.9 Å². The van der Waals surface area contributed by atoms with Gasteiger partial charge in [-0.3, -0.25) is 0 Å². The zero-order chi connectivity index (χ0) is 15.7. The molecule has 0 saturated carbocycles. The highest BCUT2D eigenvalue weighted by Gasteiger charge is 2.46. The SMILES string of the molecule is COC(=O)N=S1(=O)N=C(N(C)C)C(C)(c2ccccc2)O1. The number of hydrogen-bond acceptors (Lipinski definition) is 5. The minimum Gasteiger partial charge on any atom is -0.451 e. The highest BCUT2D eigenvalue weighted by atomic mass is 32.2. The molecule has 2 rings (SSSR count). The van der Waals surface area contributed by atoms with E-state index in [4.69, 9.17) is 4.18 Å². The Labute approximate surface area is 124 Å². The van der Waals surface area contributed by atoms with Crippen molar-refractivity contribution in [3.63, 3.8) is 0 Å². The number of amidine groups is 1. The topological polar surface area (TPSA) is 80.6 Å². The van der Waals surface area contributed by atoms with Crippen LogP contribution in [0.2, 0.25) is 0 Å². The molecule has 1 amide bonds. The van der Waals surface area contributed by atoms with Gasteiger partial charge in [0.05, 0.1) is 7.11 Å². The summed E-state index contributed by atoms with van der Waals surface area (Å²) in [6.45, 7) is 1.74. The lowest BCUT2D eigenvalue weighted by molar-refractivity contribution is 0.173. The van der Waals surface area contributed by atoms with Gasteiger partial charge in [0.25, 0.3) is 10.2 Å². The zero-order valence-corrected chi connectivity index (χ0v) is 13.1. The molecule has 21 heavy (non-hydrogen) atoms. The number of rotatable bonds is 1. The fraction of sp³-hybridized carbons (Fsp3) is 0.385. The van der Waals surface area contributed by atoms with Gasteiger partial charge in [0.15, 0.2) is 11.4 Å². The van der Waals surface area contributed by atoms with E-state index in [1.807, 2.05) is 30.3 Å². The maximum Gasteiger partial charge on any atom is 0.444 e. The summed E-state index contributed by atoms with van der Waals surface area (Å²) in [7, 11) is 1.14. The van der Waals surface area contributed by atoms with Gasteiger partial charge < -0.3 is 9.64 Å². The molecule has 1 aromatic carbocycles. The minimum absolute atomic E-state index is 0.423. The monoisotopic (exact) mass is 311 g/mol. The Morgan fingerprint density at radius 3 is 2.52 bits per heavy atom. The Hall–Kier alpha value is -1.93. The quantitative estimate of drug-likeness (QED) is 0.792. The molecule has 2 atom stereocenters. The predicted molar refractivity (Wildman–Crippen MR) is 79.0 cm³/mol. The van der Waals surface area contributed by atoms with E-state index in [1.54, 1.807) is 25.9 Å². The third-order valence-electron chi connectivity index (χ3n) is 3.02. The average Bonchev–Trinajstić information content (AvgIpc) is 2.72. The maximum absolute atomic E-state index is 12.6. The molecule has 1 aliphatic heterocycles. The molecule has 7 nitrogen and oxygen atoms in total. The van der Waals surface area contributed by atoms with E-state index in [0.29, 0.717) is 5.84 Å². The molecule has 1 aliphatic rings. The number of amides is 1. The Kier molecular flexibility index (Phi) is 4.02. The van der Waals surface area contributed by atoms with E-state index in [1.165, 1.54) is 0 Å². The van der Waals surface area contributed by atoms with E-state index in [0.717, 1.165) is 12.7 Å². The van der Waals surface area contributed by atoms with Crippen molar-refractivity contribution in [3.8, 4) is 0 Å². The van der Waals surface area contributed by atoms with Gasteiger partial charge in [-0.1, -0.05) is 34.7 Å². The van der Waals surface area contributed by atoms with E-state index in [9.17, 15) is 9.00 Å². The van der Waals surface area contributed by atoms with Crippen LogP contribution in [0.15, 0.2) is 39.1 Å². The van der Waals surface area contributed by atoms with E-state index in [-0.39, 0.29) is 0 Å². The van der Waals surface area contributed by atoms with Gasteiger partial charge in [0.1, 0.15) is 0 Å². The normalized spacial score (nSPS) is 27.9. The molecular formula is C13H17N3O4S. The molecule has 0 fully saturated rings. The Morgan fingerprint density at radius 2 is 2.00 bits per heavy atom. The molecule has 0 aromatic heterocycles. The molecule has 0 spiro atoms. The fourth-order valence-corrected chi connectivity index (χ4v) is 3.62. The summed E-state index contributed by atoms with van der Waals surface area (Å²) < 4.78 is 30.0. The van der Waals surface area contributed by atoms with Crippen LogP contribution in [-0.4, -0.2) is 42.2 Å². The van der Waals surface area contributed by atoms with Crippen LogP contribution in [-0.2, 0) is 24.7 Å². The third kappa shape index (κ3) is 2.91. The van der Waals surface area contributed by atoms with Gasteiger partial charge in [-0.25, -0.2) is 8.98 Å². The Balaban J connectivity index is 2.56. The van der Waals surface area contributed by atoms with Crippen molar-refractivity contribution in [2.24, 2.45) is 8.76 Å². The first-order valence-corrected chi connectivity index (χ1v) is 7.59. The number of likely N-dealkylation sites (N-methyl/N-ethyl adjacent to an activating group) is 1. The smallest absolute Gasteiger partial charge is 0.444 e. The van der Waals surface area contributed by atoms with E-state index in [2.05, 4.69) is 13.5 Å². The maximum atomic E-state index is 12.6. The van der Waals surface area contributed by atoms with Crippen molar-refractivity contribution in [1.82, 2.24) is 4.90 Å². The van der Waals surface area contributed by atoms with Crippen LogP contribution in [0, 0.1) is 0 Å². The molecule has 1 aromatic rings. The molecule has 0 saturated heterocycles. The van der Waals surface area contributed by atoms with Gasteiger partial charge in [-0.05, 0) is 12.5 Å². The lowest BCUT2D eigenvalue weighted by Crippen LogP contribution is -2.40. The first-order valence-electron chi connectivity index (χ1n) is 6.20. The number of benzene rings is 1. The highest BCUT2D eigenvalue weighted by molar-refractivity contribution is 7.88. The Bertz CT molecular complexity index is 693.